The van der Waals surface area contributed by atoms with Crippen molar-refractivity contribution in [1.82, 2.24) is 9.91 Å². The molecular weight excluding hydrogens is 460 g/mol. The summed E-state index contributed by atoms with van der Waals surface area (Å²) in [4.78, 5) is 39.7. The third kappa shape index (κ3) is 4.84. The van der Waals surface area contributed by atoms with Gasteiger partial charge in [0.2, 0.25) is 6.10 Å². The molecule has 0 saturated carbocycles. The summed E-state index contributed by atoms with van der Waals surface area (Å²) in [7, 11) is 1.62. The van der Waals surface area contributed by atoms with Gasteiger partial charge in [0.1, 0.15) is 17.8 Å². The number of carbonyl (C=O) groups excluding carboxylic acids is 3. The average molecular weight is 485 g/mol. The van der Waals surface area contributed by atoms with Crippen molar-refractivity contribution in [3.8, 4) is 5.75 Å². The Morgan fingerprint density at radius 2 is 1.88 bits per heavy atom. The molecule has 0 spiro atoms. The number of amides is 3. The lowest BCUT2D eigenvalue weighted by molar-refractivity contribution is -0.146. The van der Waals surface area contributed by atoms with Crippen molar-refractivity contribution in [2.24, 2.45) is 16.3 Å². The minimum Gasteiger partial charge on any atom is -0.489 e. The number of hydrogen-bond donors (Lipinski definition) is 1. The summed E-state index contributed by atoms with van der Waals surface area (Å²) in [5, 5.41) is 6.33. The standard InChI is InChI=1S/C24H25ClN4O5/c1-28-22(31)24(13-16-5-3-2-4-6-16)15-29(12-11-20(24)27-28)21(30)19(34-23(26)32)14-33-18-9-7-17(25)8-10-18/h2-10,19H,11-15H2,1H3,(H2,26,32)/t19-,24-/m1/s1. The Hall–Kier alpha value is -3.59. The molecule has 10 heteroatoms. The number of carbonyl (C=O) groups is 3. The van der Waals surface area contributed by atoms with E-state index in [4.69, 9.17) is 26.8 Å². The van der Waals surface area contributed by atoms with Crippen LogP contribution in [0.25, 0.3) is 0 Å². The number of halogens is 1. The predicted molar refractivity (Wildman–Crippen MR) is 125 cm³/mol. The van der Waals surface area contributed by atoms with Gasteiger partial charge in [0.05, 0.1) is 5.71 Å². The Bertz CT molecular complexity index is 1110. The number of likely N-dealkylation sites (tertiary alicyclic amines) is 1. The normalized spacial score (nSPS) is 20.4. The summed E-state index contributed by atoms with van der Waals surface area (Å²) >= 11 is 5.89. The van der Waals surface area contributed by atoms with Crippen LogP contribution >= 0.6 is 11.6 Å². The summed E-state index contributed by atoms with van der Waals surface area (Å²) in [5.74, 6) is -0.202. The van der Waals surface area contributed by atoms with Gasteiger partial charge in [-0.15, -0.1) is 0 Å². The van der Waals surface area contributed by atoms with Gasteiger partial charge < -0.3 is 20.1 Å². The molecule has 0 aliphatic carbocycles. The van der Waals surface area contributed by atoms with Gasteiger partial charge >= 0.3 is 6.09 Å². The molecule has 178 valence electrons. The number of hydrogen-bond acceptors (Lipinski definition) is 6. The van der Waals surface area contributed by atoms with E-state index in [0.717, 1.165) is 11.3 Å². The number of piperidine rings is 1. The number of hydrazone groups is 1. The van der Waals surface area contributed by atoms with Crippen LogP contribution < -0.4 is 10.5 Å². The lowest BCUT2D eigenvalue weighted by atomic mass is 9.73. The number of nitrogens with two attached hydrogens (primary N) is 1. The highest BCUT2D eigenvalue weighted by atomic mass is 35.5. The number of primary amides is 1. The smallest absolute Gasteiger partial charge is 0.405 e. The fourth-order valence-electron chi connectivity index (χ4n) is 4.42. The highest BCUT2D eigenvalue weighted by molar-refractivity contribution is 6.30. The highest BCUT2D eigenvalue weighted by Gasteiger charge is 2.54. The average Bonchev–Trinajstić information content (AvgIpc) is 3.07. The molecule has 0 aromatic heterocycles. The van der Waals surface area contributed by atoms with E-state index in [0.29, 0.717) is 30.2 Å². The van der Waals surface area contributed by atoms with Gasteiger partial charge in [-0.3, -0.25) is 9.59 Å². The van der Waals surface area contributed by atoms with E-state index in [2.05, 4.69) is 5.10 Å². The molecule has 0 bridgehead atoms. The second kappa shape index (κ2) is 9.72. The maximum absolute atomic E-state index is 13.4. The monoisotopic (exact) mass is 484 g/mol. The van der Waals surface area contributed by atoms with Gasteiger partial charge in [0.25, 0.3) is 11.8 Å². The first-order valence-electron chi connectivity index (χ1n) is 10.8. The second-order valence-electron chi connectivity index (χ2n) is 8.32. The SMILES string of the molecule is CN1N=C2CCN(C(=O)[C@@H](COc3ccc(Cl)cc3)OC(N)=O)C[C@@]2(Cc2ccccc2)C1=O. The molecule has 2 atom stereocenters. The molecule has 1 saturated heterocycles. The van der Waals surface area contributed by atoms with E-state index in [-0.39, 0.29) is 19.1 Å². The molecule has 0 radical (unpaired) electrons. The molecule has 0 unspecified atom stereocenters. The number of fused-ring (bicyclic) bond motifs is 1. The zero-order valence-electron chi connectivity index (χ0n) is 18.6. The first-order valence-corrected chi connectivity index (χ1v) is 11.2. The van der Waals surface area contributed by atoms with E-state index in [1.807, 2.05) is 30.3 Å². The highest BCUT2D eigenvalue weighted by Crippen LogP contribution is 2.38. The Balaban J connectivity index is 1.54. The topological polar surface area (TPSA) is 115 Å². The van der Waals surface area contributed by atoms with Gasteiger partial charge in [-0.05, 0) is 36.2 Å². The number of nitrogens with zero attached hydrogens (tertiary/aromatic N) is 3. The van der Waals surface area contributed by atoms with E-state index < -0.39 is 23.5 Å². The fraction of sp³-hybridized carbons (Fsp3) is 0.333. The van der Waals surface area contributed by atoms with E-state index in [9.17, 15) is 14.4 Å². The van der Waals surface area contributed by atoms with Gasteiger partial charge in [-0.1, -0.05) is 41.9 Å². The zero-order chi connectivity index (χ0) is 24.3. The molecule has 2 aliphatic rings. The van der Waals surface area contributed by atoms with Crippen molar-refractivity contribution in [2.75, 3.05) is 26.7 Å². The maximum atomic E-state index is 13.4. The second-order valence-corrected chi connectivity index (χ2v) is 8.76. The molecule has 2 heterocycles. The Morgan fingerprint density at radius 3 is 2.56 bits per heavy atom. The molecule has 2 aliphatic heterocycles. The zero-order valence-corrected chi connectivity index (χ0v) is 19.4. The lowest BCUT2D eigenvalue weighted by Gasteiger charge is -2.40. The molecule has 1 fully saturated rings. The van der Waals surface area contributed by atoms with Gasteiger partial charge in [0, 0.05) is 31.6 Å². The third-order valence-electron chi connectivity index (χ3n) is 6.01. The first kappa shape index (κ1) is 23.6. The third-order valence-corrected chi connectivity index (χ3v) is 6.27. The minimum atomic E-state index is -1.27. The van der Waals surface area contributed by atoms with Crippen LogP contribution in [0.1, 0.15) is 12.0 Å². The van der Waals surface area contributed by atoms with Crippen molar-refractivity contribution >= 4 is 35.2 Å². The van der Waals surface area contributed by atoms with Crippen LogP contribution in [0.5, 0.6) is 5.75 Å². The Morgan fingerprint density at radius 1 is 1.18 bits per heavy atom. The van der Waals surface area contributed by atoms with Crippen molar-refractivity contribution < 1.29 is 23.9 Å². The largest absolute Gasteiger partial charge is 0.489 e. The lowest BCUT2D eigenvalue weighted by Crippen LogP contribution is -2.58. The summed E-state index contributed by atoms with van der Waals surface area (Å²) < 4.78 is 10.7. The molecule has 2 N–H and O–H groups in total. The summed E-state index contributed by atoms with van der Waals surface area (Å²) in [5.41, 5.74) is 5.95. The molecule has 4 rings (SSSR count). The quantitative estimate of drug-likeness (QED) is 0.648. The number of ether oxygens (including phenoxy) is 2. The molecule has 34 heavy (non-hydrogen) atoms. The van der Waals surface area contributed by atoms with Gasteiger partial charge in [-0.25, -0.2) is 9.80 Å². The summed E-state index contributed by atoms with van der Waals surface area (Å²) in [6.45, 7) is 0.206. The first-order chi connectivity index (χ1) is 16.3. The maximum Gasteiger partial charge on any atom is 0.405 e. The van der Waals surface area contributed by atoms with Crippen molar-refractivity contribution in [3.05, 3.63) is 65.2 Å². The summed E-state index contributed by atoms with van der Waals surface area (Å²) in [6, 6.07) is 16.2. The van der Waals surface area contributed by atoms with Gasteiger partial charge in [-0.2, -0.15) is 5.10 Å². The fourth-order valence-corrected chi connectivity index (χ4v) is 4.54. The van der Waals surface area contributed by atoms with Crippen LogP contribution in [0.4, 0.5) is 4.79 Å². The molecule has 3 amide bonds. The van der Waals surface area contributed by atoms with Crippen molar-refractivity contribution in [3.63, 3.8) is 0 Å². The number of benzene rings is 2. The van der Waals surface area contributed by atoms with Crippen molar-refractivity contribution in [2.45, 2.75) is 18.9 Å². The van der Waals surface area contributed by atoms with Crippen molar-refractivity contribution in [1.29, 1.82) is 0 Å². The van der Waals surface area contributed by atoms with E-state index in [1.54, 1.807) is 31.3 Å². The Labute approximate surface area is 202 Å². The molecular formula is C24H25ClN4O5. The van der Waals surface area contributed by atoms with Crippen LogP contribution in [0.15, 0.2) is 59.7 Å². The van der Waals surface area contributed by atoms with Crippen LogP contribution in [0.2, 0.25) is 5.02 Å². The van der Waals surface area contributed by atoms with Crippen LogP contribution in [0, 0.1) is 5.41 Å². The van der Waals surface area contributed by atoms with Gasteiger partial charge in [0.15, 0.2) is 0 Å². The predicted octanol–water partition coefficient (Wildman–Crippen LogP) is 2.47. The van der Waals surface area contributed by atoms with E-state index in [1.165, 1.54) is 9.91 Å². The molecule has 2 aromatic rings. The molecule has 9 nitrogen and oxygen atoms in total. The number of rotatable bonds is 7. The Kier molecular flexibility index (Phi) is 6.74. The van der Waals surface area contributed by atoms with Crippen LogP contribution in [-0.2, 0) is 20.7 Å². The minimum absolute atomic E-state index is 0.113. The van der Waals surface area contributed by atoms with Crippen LogP contribution in [0.3, 0.4) is 0 Å². The van der Waals surface area contributed by atoms with Crippen LogP contribution in [-0.4, -0.2) is 66.4 Å². The molecule has 2 aromatic carbocycles. The summed E-state index contributed by atoms with van der Waals surface area (Å²) in [6.07, 6.45) is -1.53. The van der Waals surface area contributed by atoms with E-state index >= 15 is 0 Å².